The van der Waals surface area contributed by atoms with Gasteiger partial charge in [-0.15, -0.1) is 6.42 Å². The van der Waals surface area contributed by atoms with Crippen molar-refractivity contribution in [2.24, 2.45) is 0 Å². The molecular formula is C11H11FN2O4S2. The Labute approximate surface area is 123 Å². The molecule has 3 unspecified atom stereocenters. The minimum Gasteiger partial charge on any atom is -0.394 e. The summed E-state index contributed by atoms with van der Waals surface area (Å²) in [5.41, 5.74) is -2.16. The molecule has 1 fully saturated rings. The molecule has 108 valence electrons. The van der Waals surface area contributed by atoms with Gasteiger partial charge in [0.05, 0.1) is 6.61 Å². The zero-order valence-corrected chi connectivity index (χ0v) is 11.6. The summed E-state index contributed by atoms with van der Waals surface area (Å²) in [5, 5.41) is 29.3. The van der Waals surface area contributed by atoms with Crippen LogP contribution >= 0.6 is 24.4 Å². The van der Waals surface area contributed by atoms with E-state index in [2.05, 4.69) is 17.2 Å². The maximum Gasteiger partial charge on any atom is 0.199 e. The van der Waals surface area contributed by atoms with Crippen LogP contribution in [0, 0.1) is 27.6 Å². The standard InChI is InChI=1S/C11H11FN2O4S2/c1-2-11(17)7(16)6(4-15)18-9(11)14-3-5(12)8(19)13-10(14)20/h1,3,6-7,9,15-17H,4H2,(H,13,19,20)/t6?,7-,9?,11?/m0/s1. The van der Waals surface area contributed by atoms with E-state index in [-0.39, 0.29) is 9.41 Å². The van der Waals surface area contributed by atoms with Crippen LogP contribution in [0.2, 0.25) is 0 Å². The molecule has 0 saturated carbocycles. The van der Waals surface area contributed by atoms with Crippen molar-refractivity contribution in [2.75, 3.05) is 6.61 Å². The van der Waals surface area contributed by atoms with Gasteiger partial charge in [0.25, 0.3) is 0 Å². The van der Waals surface area contributed by atoms with Crippen LogP contribution in [0.15, 0.2) is 6.20 Å². The first-order valence-corrected chi connectivity index (χ1v) is 6.32. The van der Waals surface area contributed by atoms with Gasteiger partial charge in [-0.3, -0.25) is 4.57 Å². The third-order valence-electron chi connectivity index (χ3n) is 3.07. The Morgan fingerprint density at radius 2 is 2.25 bits per heavy atom. The van der Waals surface area contributed by atoms with Gasteiger partial charge < -0.3 is 25.0 Å². The summed E-state index contributed by atoms with van der Waals surface area (Å²) in [6.07, 6.45) is 2.13. The lowest BCUT2D eigenvalue weighted by Crippen LogP contribution is -2.46. The van der Waals surface area contributed by atoms with Crippen molar-refractivity contribution in [1.82, 2.24) is 9.55 Å². The highest BCUT2D eigenvalue weighted by Crippen LogP contribution is 2.38. The van der Waals surface area contributed by atoms with Crippen LogP contribution in [0.4, 0.5) is 4.39 Å². The molecule has 4 N–H and O–H groups in total. The molecular weight excluding hydrogens is 307 g/mol. The van der Waals surface area contributed by atoms with Crippen LogP contribution in [0.3, 0.4) is 0 Å². The lowest BCUT2D eigenvalue weighted by atomic mass is 9.95. The number of hydrogen-bond donors (Lipinski definition) is 4. The van der Waals surface area contributed by atoms with E-state index >= 15 is 0 Å². The smallest absolute Gasteiger partial charge is 0.199 e. The Bertz CT molecular complexity index is 682. The summed E-state index contributed by atoms with van der Waals surface area (Å²) in [6, 6.07) is 0. The summed E-state index contributed by atoms with van der Waals surface area (Å²) in [7, 11) is 0. The quantitative estimate of drug-likeness (QED) is 0.454. The first kappa shape index (κ1) is 15.2. The molecule has 2 heterocycles. The highest BCUT2D eigenvalue weighted by atomic mass is 32.1. The number of aromatic nitrogens is 2. The molecule has 4 atom stereocenters. The summed E-state index contributed by atoms with van der Waals surface area (Å²) >= 11 is 9.66. The predicted octanol–water partition coefficient (Wildman–Crippen LogP) is 0.0292. The number of H-pyrrole nitrogens is 1. The van der Waals surface area contributed by atoms with Gasteiger partial charge in [0.1, 0.15) is 16.8 Å². The number of rotatable bonds is 2. The molecule has 1 aromatic rings. The maximum absolute atomic E-state index is 13.5. The summed E-state index contributed by atoms with van der Waals surface area (Å²) in [6.45, 7) is -0.569. The number of aliphatic hydroxyl groups excluding tert-OH is 2. The van der Waals surface area contributed by atoms with Crippen molar-refractivity contribution < 1.29 is 24.4 Å². The third kappa shape index (κ3) is 2.20. The average Bonchev–Trinajstić information content (AvgIpc) is 2.67. The minimum atomic E-state index is -2.16. The number of halogens is 1. The largest absolute Gasteiger partial charge is 0.394 e. The second kappa shape index (κ2) is 5.33. The lowest BCUT2D eigenvalue weighted by Gasteiger charge is -2.27. The van der Waals surface area contributed by atoms with Gasteiger partial charge in [0.15, 0.2) is 22.4 Å². The molecule has 1 aliphatic rings. The summed E-state index contributed by atoms with van der Waals surface area (Å²) in [4.78, 5) is 2.41. The van der Waals surface area contributed by atoms with Crippen LogP contribution in [0.25, 0.3) is 0 Å². The van der Waals surface area contributed by atoms with Crippen LogP contribution in [0.1, 0.15) is 6.23 Å². The fourth-order valence-electron chi connectivity index (χ4n) is 1.99. The van der Waals surface area contributed by atoms with Gasteiger partial charge in [0.2, 0.25) is 0 Å². The van der Waals surface area contributed by atoms with Gasteiger partial charge in [-0.1, -0.05) is 18.1 Å². The van der Waals surface area contributed by atoms with E-state index < -0.39 is 36.5 Å². The minimum absolute atomic E-state index is 0.0409. The first-order chi connectivity index (χ1) is 9.35. The maximum atomic E-state index is 13.5. The molecule has 1 saturated heterocycles. The van der Waals surface area contributed by atoms with Gasteiger partial charge in [-0.05, 0) is 12.2 Å². The summed E-state index contributed by atoms with van der Waals surface area (Å²) < 4.78 is 19.6. The van der Waals surface area contributed by atoms with E-state index in [1.54, 1.807) is 0 Å². The third-order valence-corrected chi connectivity index (χ3v) is 3.68. The lowest BCUT2D eigenvalue weighted by molar-refractivity contribution is -0.0758. The van der Waals surface area contributed by atoms with Gasteiger partial charge >= 0.3 is 0 Å². The molecule has 0 aromatic carbocycles. The van der Waals surface area contributed by atoms with Crippen molar-refractivity contribution >= 4 is 24.4 Å². The Hall–Kier alpha value is -1.15. The van der Waals surface area contributed by atoms with Crippen LogP contribution in [-0.4, -0.2) is 49.3 Å². The van der Waals surface area contributed by atoms with E-state index in [1.165, 1.54) is 0 Å². The molecule has 9 heteroatoms. The zero-order valence-electron chi connectivity index (χ0n) is 9.99. The number of aromatic amines is 1. The highest BCUT2D eigenvalue weighted by Gasteiger charge is 2.55. The van der Waals surface area contributed by atoms with Crippen molar-refractivity contribution in [3.05, 3.63) is 21.4 Å². The second-order valence-corrected chi connectivity index (χ2v) is 5.06. The zero-order chi connectivity index (χ0) is 15.1. The highest BCUT2D eigenvalue weighted by molar-refractivity contribution is 7.72. The van der Waals surface area contributed by atoms with Gasteiger partial charge in [0, 0.05) is 6.20 Å². The van der Waals surface area contributed by atoms with Crippen molar-refractivity contribution in [3.8, 4) is 12.3 Å². The molecule has 0 spiro atoms. The fourth-order valence-corrected chi connectivity index (χ4v) is 2.45. The Morgan fingerprint density at radius 1 is 1.60 bits per heavy atom. The molecule has 0 radical (unpaired) electrons. The monoisotopic (exact) mass is 318 g/mol. The first-order valence-electron chi connectivity index (χ1n) is 5.50. The average molecular weight is 318 g/mol. The van der Waals surface area contributed by atoms with Crippen LogP contribution in [0.5, 0.6) is 0 Å². The molecule has 0 amide bonds. The van der Waals surface area contributed by atoms with E-state index in [9.17, 15) is 14.6 Å². The fraction of sp³-hybridized carbons (Fsp3) is 0.455. The number of ether oxygens (including phenoxy) is 1. The number of terminal acetylenes is 1. The predicted molar refractivity (Wildman–Crippen MR) is 71.2 cm³/mol. The molecule has 0 aliphatic carbocycles. The number of hydrogen-bond acceptors (Lipinski definition) is 6. The van der Waals surface area contributed by atoms with Gasteiger partial charge in [-0.2, -0.15) is 0 Å². The molecule has 1 aromatic heterocycles. The molecule has 6 nitrogen and oxygen atoms in total. The SMILES string of the molecule is C#CC1(O)C(n2cc(F)c(=S)[nH]c2=S)OC(CO)[C@@H]1O. The Balaban J connectivity index is 2.58. The van der Waals surface area contributed by atoms with Crippen LogP contribution < -0.4 is 0 Å². The van der Waals surface area contributed by atoms with E-state index in [4.69, 9.17) is 28.5 Å². The molecule has 20 heavy (non-hydrogen) atoms. The number of aliphatic hydroxyl groups is 3. The number of nitrogens with one attached hydrogen (secondary N) is 1. The molecule has 2 rings (SSSR count). The van der Waals surface area contributed by atoms with Crippen LogP contribution in [-0.2, 0) is 4.74 Å². The topological polar surface area (TPSA) is 90.6 Å². The molecule has 0 bridgehead atoms. The van der Waals surface area contributed by atoms with E-state index in [1.807, 2.05) is 5.92 Å². The van der Waals surface area contributed by atoms with E-state index in [0.717, 1.165) is 10.8 Å². The summed E-state index contributed by atoms with van der Waals surface area (Å²) in [5.74, 6) is 1.21. The normalized spacial score (nSPS) is 33.0. The Morgan fingerprint density at radius 3 is 2.80 bits per heavy atom. The number of nitrogens with zero attached hydrogens (tertiary/aromatic N) is 1. The molecule has 1 aliphatic heterocycles. The Kier molecular flexibility index (Phi) is 4.06. The van der Waals surface area contributed by atoms with Crippen molar-refractivity contribution in [2.45, 2.75) is 24.0 Å². The van der Waals surface area contributed by atoms with Gasteiger partial charge in [-0.25, -0.2) is 4.39 Å². The second-order valence-electron chi connectivity index (χ2n) is 4.27. The van der Waals surface area contributed by atoms with Crippen molar-refractivity contribution in [1.29, 1.82) is 0 Å². The van der Waals surface area contributed by atoms with E-state index in [0.29, 0.717) is 0 Å². The van der Waals surface area contributed by atoms with Crippen molar-refractivity contribution in [3.63, 3.8) is 0 Å².